The largest absolute Gasteiger partial charge is 0.462 e. The quantitative estimate of drug-likeness (QED) is 0.821. The van der Waals surface area contributed by atoms with Crippen molar-refractivity contribution in [2.75, 3.05) is 18.4 Å². The minimum absolute atomic E-state index is 0.179. The molecule has 2 N–H and O–H groups in total. The van der Waals surface area contributed by atoms with Crippen molar-refractivity contribution >= 4 is 17.7 Å². The van der Waals surface area contributed by atoms with Crippen molar-refractivity contribution in [1.29, 1.82) is 0 Å². The van der Waals surface area contributed by atoms with Crippen molar-refractivity contribution in [2.24, 2.45) is 0 Å². The highest BCUT2D eigenvalue weighted by molar-refractivity contribution is 6.02. The van der Waals surface area contributed by atoms with Crippen LogP contribution in [0, 0.1) is 6.92 Å². The summed E-state index contributed by atoms with van der Waals surface area (Å²) in [7, 11) is 0. The molecule has 1 amide bonds. The monoisotopic (exact) mass is 340 g/mol. The van der Waals surface area contributed by atoms with Crippen LogP contribution in [-0.4, -0.2) is 35.1 Å². The molecule has 1 saturated heterocycles. The van der Waals surface area contributed by atoms with Gasteiger partial charge in [-0.15, -0.1) is 0 Å². The standard InChI is InChI=1S/C20H24N2O3/c1-15-6-7-18(25-15)8-9-20(24)21-19-5-3-2-4-16(19)14-22-12-10-17(23)11-13-22/h2-9,17,23H,10-14H2,1H3,(H,21,24)/b9-8+. The highest BCUT2D eigenvalue weighted by atomic mass is 16.3. The number of nitrogens with zero attached hydrogens (tertiary/aromatic N) is 1. The fraction of sp³-hybridized carbons (Fsp3) is 0.350. The van der Waals surface area contributed by atoms with Gasteiger partial charge in [-0.1, -0.05) is 18.2 Å². The third kappa shape index (κ3) is 5.05. The Labute approximate surface area is 148 Å². The van der Waals surface area contributed by atoms with Crippen LogP contribution in [0.5, 0.6) is 0 Å². The average molecular weight is 340 g/mol. The van der Waals surface area contributed by atoms with E-state index >= 15 is 0 Å². The van der Waals surface area contributed by atoms with Crippen molar-refractivity contribution in [2.45, 2.75) is 32.4 Å². The molecule has 2 heterocycles. The molecule has 0 spiro atoms. The van der Waals surface area contributed by atoms with Crippen LogP contribution in [0.2, 0.25) is 0 Å². The summed E-state index contributed by atoms with van der Waals surface area (Å²) < 4.78 is 5.42. The lowest BCUT2D eigenvalue weighted by atomic mass is 10.1. The Morgan fingerprint density at radius 3 is 2.76 bits per heavy atom. The van der Waals surface area contributed by atoms with E-state index in [1.807, 2.05) is 43.3 Å². The number of anilines is 1. The van der Waals surface area contributed by atoms with Crippen molar-refractivity contribution in [3.8, 4) is 0 Å². The zero-order valence-electron chi connectivity index (χ0n) is 14.4. The maximum atomic E-state index is 12.2. The van der Waals surface area contributed by atoms with Crippen molar-refractivity contribution in [3.05, 3.63) is 59.6 Å². The molecule has 1 aromatic heterocycles. The van der Waals surface area contributed by atoms with Crippen LogP contribution in [0.4, 0.5) is 5.69 Å². The van der Waals surface area contributed by atoms with Gasteiger partial charge in [0.2, 0.25) is 5.91 Å². The van der Waals surface area contributed by atoms with E-state index in [1.165, 1.54) is 6.08 Å². The van der Waals surface area contributed by atoms with Gasteiger partial charge >= 0.3 is 0 Å². The number of hydrogen-bond acceptors (Lipinski definition) is 4. The number of hydrogen-bond donors (Lipinski definition) is 2. The van der Waals surface area contributed by atoms with E-state index in [4.69, 9.17) is 4.42 Å². The Morgan fingerprint density at radius 2 is 2.04 bits per heavy atom. The fourth-order valence-corrected chi connectivity index (χ4v) is 2.97. The molecule has 1 aliphatic rings. The molecule has 3 rings (SSSR count). The first-order chi connectivity index (χ1) is 12.1. The summed E-state index contributed by atoms with van der Waals surface area (Å²) in [5, 5.41) is 12.6. The summed E-state index contributed by atoms with van der Waals surface area (Å²) in [5.74, 6) is 1.29. The Morgan fingerprint density at radius 1 is 1.28 bits per heavy atom. The van der Waals surface area contributed by atoms with Crippen LogP contribution in [-0.2, 0) is 11.3 Å². The van der Waals surface area contributed by atoms with E-state index in [0.29, 0.717) is 5.76 Å². The number of rotatable bonds is 5. The van der Waals surface area contributed by atoms with Gasteiger partial charge < -0.3 is 14.8 Å². The third-order valence-electron chi connectivity index (χ3n) is 4.39. The maximum absolute atomic E-state index is 12.2. The van der Waals surface area contributed by atoms with Gasteiger partial charge in [0.1, 0.15) is 11.5 Å². The van der Waals surface area contributed by atoms with Gasteiger partial charge in [-0.25, -0.2) is 0 Å². The van der Waals surface area contributed by atoms with Crippen LogP contribution >= 0.6 is 0 Å². The average Bonchev–Trinajstić information content (AvgIpc) is 3.02. The second kappa shape index (κ2) is 8.14. The van der Waals surface area contributed by atoms with E-state index in [9.17, 15) is 9.90 Å². The van der Waals surface area contributed by atoms with Gasteiger partial charge in [-0.3, -0.25) is 9.69 Å². The predicted molar refractivity (Wildman–Crippen MR) is 98.1 cm³/mol. The summed E-state index contributed by atoms with van der Waals surface area (Å²) >= 11 is 0. The number of likely N-dealkylation sites (tertiary alicyclic amines) is 1. The van der Waals surface area contributed by atoms with Gasteiger partial charge in [-0.2, -0.15) is 0 Å². The molecule has 0 radical (unpaired) electrons. The van der Waals surface area contributed by atoms with Gasteiger partial charge in [0.05, 0.1) is 6.10 Å². The molecule has 1 fully saturated rings. The van der Waals surface area contributed by atoms with Gasteiger partial charge in [0.15, 0.2) is 0 Å². The smallest absolute Gasteiger partial charge is 0.248 e. The molecule has 1 aliphatic heterocycles. The number of amides is 1. The Kier molecular flexibility index (Phi) is 5.68. The molecule has 5 heteroatoms. The van der Waals surface area contributed by atoms with Crippen LogP contribution in [0.1, 0.15) is 29.9 Å². The van der Waals surface area contributed by atoms with Crippen LogP contribution in [0.3, 0.4) is 0 Å². The number of furan rings is 1. The Hall–Kier alpha value is -2.37. The van der Waals surface area contributed by atoms with Crippen LogP contribution < -0.4 is 5.32 Å². The number of carbonyl (C=O) groups is 1. The van der Waals surface area contributed by atoms with Crippen molar-refractivity contribution < 1.29 is 14.3 Å². The zero-order chi connectivity index (χ0) is 17.6. The highest BCUT2D eigenvalue weighted by Crippen LogP contribution is 2.20. The molecule has 0 bridgehead atoms. The Balaban J connectivity index is 1.62. The van der Waals surface area contributed by atoms with Crippen molar-refractivity contribution in [1.82, 2.24) is 4.90 Å². The number of para-hydroxylation sites is 1. The molecule has 25 heavy (non-hydrogen) atoms. The topological polar surface area (TPSA) is 65.7 Å². The first-order valence-electron chi connectivity index (χ1n) is 8.64. The maximum Gasteiger partial charge on any atom is 0.248 e. The molecule has 1 aromatic carbocycles. The van der Waals surface area contributed by atoms with E-state index in [0.717, 1.165) is 49.5 Å². The number of aryl methyl sites for hydroxylation is 1. The van der Waals surface area contributed by atoms with Gasteiger partial charge in [0, 0.05) is 31.4 Å². The number of aliphatic hydroxyl groups is 1. The molecular weight excluding hydrogens is 316 g/mol. The first kappa shape index (κ1) is 17.5. The lowest BCUT2D eigenvalue weighted by molar-refractivity contribution is -0.111. The minimum atomic E-state index is -0.185. The van der Waals surface area contributed by atoms with Gasteiger partial charge in [-0.05, 0) is 49.6 Å². The number of nitrogens with one attached hydrogen (secondary N) is 1. The summed E-state index contributed by atoms with van der Waals surface area (Å²) in [4.78, 5) is 14.5. The molecular formula is C20H24N2O3. The summed E-state index contributed by atoms with van der Waals surface area (Å²) in [6.45, 7) is 4.39. The summed E-state index contributed by atoms with van der Waals surface area (Å²) in [5.41, 5.74) is 1.90. The molecule has 2 aromatic rings. The van der Waals surface area contributed by atoms with E-state index < -0.39 is 0 Å². The molecule has 5 nitrogen and oxygen atoms in total. The summed E-state index contributed by atoms with van der Waals surface area (Å²) in [6.07, 6.45) is 4.57. The lowest BCUT2D eigenvalue weighted by Gasteiger charge is -2.30. The number of benzene rings is 1. The normalized spacial score (nSPS) is 16.4. The summed E-state index contributed by atoms with van der Waals surface area (Å²) in [6, 6.07) is 11.5. The second-order valence-electron chi connectivity index (χ2n) is 6.44. The molecule has 0 unspecified atom stereocenters. The third-order valence-corrected chi connectivity index (χ3v) is 4.39. The van der Waals surface area contributed by atoms with Crippen molar-refractivity contribution in [3.63, 3.8) is 0 Å². The number of piperidine rings is 1. The first-order valence-corrected chi connectivity index (χ1v) is 8.64. The molecule has 0 aliphatic carbocycles. The van der Waals surface area contributed by atoms with Crippen LogP contribution in [0.15, 0.2) is 46.9 Å². The number of aliphatic hydroxyl groups excluding tert-OH is 1. The minimum Gasteiger partial charge on any atom is -0.462 e. The predicted octanol–water partition coefficient (Wildman–Crippen LogP) is 3.20. The second-order valence-corrected chi connectivity index (χ2v) is 6.44. The van der Waals surface area contributed by atoms with E-state index in [-0.39, 0.29) is 12.0 Å². The highest BCUT2D eigenvalue weighted by Gasteiger charge is 2.18. The zero-order valence-corrected chi connectivity index (χ0v) is 14.4. The number of carbonyl (C=O) groups excluding carboxylic acids is 1. The van der Waals surface area contributed by atoms with E-state index in [1.54, 1.807) is 6.08 Å². The molecule has 132 valence electrons. The lowest BCUT2D eigenvalue weighted by Crippen LogP contribution is -2.35. The van der Waals surface area contributed by atoms with Crippen LogP contribution in [0.25, 0.3) is 6.08 Å². The van der Waals surface area contributed by atoms with E-state index in [2.05, 4.69) is 10.2 Å². The Bertz CT molecular complexity index is 743. The fourth-order valence-electron chi connectivity index (χ4n) is 2.97. The van der Waals surface area contributed by atoms with Gasteiger partial charge in [0.25, 0.3) is 0 Å². The molecule has 0 saturated carbocycles. The molecule has 0 atom stereocenters. The SMILES string of the molecule is Cc1ccc(/C=C/C(=O)Nc2ccccc2CN2CCC(O)CC2)o1.